The summed E-state index contributed by atoms with van der Waals surface area (Å²) in [6.07, 6.45) is 0.834. The maximum Gasteiger partial charge on any atom is 0.161 e. The molecule has 3 heteroatoms. The minimum Gasteiger partial charge on any atom is -0.497 e. The molecule has 0 saturated heterocycles. The molecule has 0 radical (unpaired) electrons. The van der Waals surface area contributed by atoms with Gasteiger partial charge in [-0.3, -0.25) is 0 Å². The Morgan fingerprint density at radius 2 is 1.30 bits per heavy atom. The van der Waals surface area contributed by atoms with Gasteiger partial charge in [-0.2, -0.15) is 0 Å². The van der Waals surface area contributed by atoms with Crippen molar-refractivity contribution in [2.45, 2.75) is 6.42 Å². The van der Waals surface area contributed by atoms with E-state index < -0.39 is 0 Å². The molecule has 0 spiro atoms. The van der Waals surface area contributed by atoms with Crippen molar-refractivity contribution in [3.8, 4) is 17.2 Å². The molecule has 0 saturated carbocycles. The highest BCUT2D eigenvalue weighted by Gasteiger charge is 2.13. The van der Waals surface area contributed by atoms with Crippen LogP contribution in [0.2, 0.25) is 0 Å². The molecule has 0 N–H and O–H groups in total. The zero-order valence-corrected chi connectivity index (χ0v) is 15.8. The molecule has 0 fully saturated rings. The summed E-state index contributed by atoms with van der Waals surface area (Å²) < 4.78 is 16.4. The highest BCUT2D eigenvalue weighted by molar-refractivity contribution is 6.10. The highest BCUT2D eigenvalue weighted by Crippen LogP contribution is 2.38. The van der Waals surface area contributed by atoms with Crippen LogP contribution >= 0.6 is 0 Å². The molecule has 3 nitrogen and oxygen atoms in total. The van der Waals surface area contributed by atoms with Crippen molar-refractivity contribution < 1.29 is 14.2 Å². The first-order chi connectivity index (χ1) is 13.2. The van der Waals surface area contributed by atoms with E-state index in [1.165, 1.54) is 32.7 Å². The van der Waals surface area contributed by atoms with Crippen LogP contribution in [0, 0.1) is 0 Å². The molecule has 27 heavy (non-hydrogen) atoms. The van der Waals surface area contributed by atoms with Crippen LogP contribution in [0.25, 0.3) is 21.5 Å². The van der Waals surface area contributed by atoms with Gasteiger partial charge in [0.15, 0.2) is 11.5 Å². The van der Waals surface area contributed by atoms with Gasteiger partial charge in [-0.1, -0.05) is 42.5 Å². The van der Waals surface area contributed by atoms with Crippen molar-refractivity contribution in [3.63, 3.8) is 0 Å². The first-order valence-electron chi connectivity index (χ1n) is 8.92. The number of methoxy groups -OCH3 is 3. The molecule has 0 amide bonds. The lowest BCUT2D eigenvalue weighted by Gasteiger charge is -2.15. The van der Waals surface area contributed by atoms with Gasteiger partial charge in [0.25, 0.3) is 0 Å². The highest BCUT2D eigenvalue weighted by atomic mass is 16.5. The third-order valence-corrected chi connectivity index (χ3v) is 5.00. The van der Waals surface area contributed by atoms with E-state index in [0.29, 0.717) is 0 Å². The lowest BCUT2D eigenvalue weighted by Crippen LogP contribution is -1.95. The number of fused-ring (bicyclic) bond motifs is 3. The molecule has 136 valence electrons. The molecule has 0 bridgehead atoms. The molecule has 0 aromatic heterocycles. The zero-order valence-electron chi connectivity index (χ0n) is 15.8. The van der Waals surface area contributed by atoms with Gasteiger partial charge in [-0.15, -0.1) is 0 Å². The quantitative estimate of drug-likeness (QED) is 0.434. The van der Waals surface area contributed by atoms with E-state index in [4.69, 9.17) is 14.2 Å². The fourth-order valence-electron chi connectivity index (χ4n) is 3.61. The van der Waals surface area contributed by atoms with Crippen molar-refractivity contribution in [2.24, 2.45) is 0 Å². The Bertz CT molecular complexity index is 1100. The summed E-state index contributed by atoms with van der Waals surface area (Å²) in [5.74, 6) is 2.36. The summed E-state index contributed by atoms with van der Waals surface area (Å²) in [6, 6.07) is 23.1. The second-order valence-electron chi connectivity index (χ2n) is 6.53. The molecule has 4 aromatic rings. The van der Waals surface area contributed by atoms with Crippen LogP contribution in [0.5, 0.6) is 17.2 Å². The summed E-state index contributed by atoms with van der Waals surface area (Å²) in [5.41, 5.74) is 2.50. The summed E-state index contributed by atoms with van der Waals surface area (Å²) in [6.45, 7) is 0. The van der Waals surface area contributed by atoms with Gasteiger partial charge in [0.1, 0.15) is 5.75 Å². The monoisotopic (exact) mass is 358 g/mol. The van der Waals surface area contributed by atoms with Gasteiger partial charge < -0.3 is 14.2 Å². The molecule has 0 unspecified atom stereocenters. The molecule has 4 rings (SSSR count). The first kappa shape index (κ1) is 17.2. The zero-order chi connectivity index (χ0) is 18.8. The summed E-state index contributed by atoms with van der Waals surface area (Å²) >= 11 is 0. The molecule has 0 aliphatic carbocycles. The standard InChI is InChI=1S/C24H22O3/c1-25-19-10-8-16(9-11-19)12-18-13-17-6-4-5-7-20(17)22-15-24(27-3)23(26-2)14-21(18)22/h4-11,13-15H,12H2,1-3H3. The Hall–Kier alpha value is -3.20. The first-order valence-corrected chi connectivity index (χ1v) is 8.92. The second-order valence-corrected chi connectivity index (χ2v) is 6.53. The number of rotatable bonds is 5. The lowest BCUT2D eigenvalue weighted by atomic mass is 9.93. The van der Waals surface area contributed by atoms with E-state index in [9.17, 15) is 0 Å². The van der Waals surface area contributed by atoms with Crippen LogP contribution in [-0.2, 0) is 6.42 Å². The predicted molar refractivity (Wildman–Crippen MR) is 110 cm³/mol. The van der Waals surface area contributed by atoms with Crippen LogP contribution in [0.4, 0.5) is 0 Å². The molecule has 0 heterocycles. The largest absolute Gasteiger partial charge is 0.497 e. The third-order valence-electron chi connectivity index (χ3n) is 5.00. The van der Waals surface area contributed by atoms with Crippen LogP contribution in [0.3, 0.4) is 0 Å². The van der Waals surface area contributed by atoms with Gasteiger partial charge in [0.2, 0.25) is 0 Å². The molecule has 4 aromatic carbocycles. The minimum absolute atomic E-state index is 0.747. The van der Waals surface area contributed by atoms with E-state index in [0.717, 1.165) is 23.7 Å². The predicted octanol–water partition coefficient (Wildman–Crippen LogP) is 5.61. The molecule has 0 aliphatic rings. The van der Waals surface area contributed by atoms with Gasteiger partial charge in [0.05, 0.1) is 21.3 Å². The van der Waals surface area contributed by atoms with Gasteiger partial charge in [-0.05, 0) is 63.4 Å². The minimum atomic E-state index is 0.747. The summed E-state index contributed by atoms with van der Waals surface area (Å²) in [5, 5.41) is 4.80. The van der Waals surface area contributed by atoms with Crippen molar-refractivity contribution >= 4 is 21.5 Å². The Balaban J connectivity index is 1.93. The maximum absolute atomic E-state index is 5.55. The third kappa shape index (κ3) is 3.17. The Labute approximate surface area is 159 Å². The number of benzene rings is 4. The van der Waals surface area contributed by atoms with Crippen molar-refractivity contribution in [3.05, 3.63) is 77.9 Å². The SMILES string of the molecule is COc1ccc(Cc2cc3ccccc3c3cc(OC)c(OC)cc23)cc1. The van der Waals surface area contributed by atoms with Crippen LogP contribution in [-0.4, -0.2) is 21.3 Å². The summed E-state index contributed by atoms with van der Waals surface area (Å²) in [7, 11) is 5.03. The average molecular weight is 358 g/mol. The van der Waals surface area contributed by atoms with E-state index in [1.54, 1.807) is 21.3 Å². The Kier molecular flexibility index (Phi) is 4.59. The topological polar surface area (TPSA) is 27.7 Å². The normalized spacial score (nSPS) is 10.9. The number of hydrogen-bond acceptors (Lipinski definition) is 3. The molecular weight excluding hydrogens is 336 g/mol. The van der Waals surface area contributed by atoms with Gasteiger partial charge in [-0.25, -0.2) is 0 Å². The Morgan fingerprint density at radius 3 is 1.96 bits per heavy atom. The lowest BCUT2D eigenvalue weighted by molar-refractivity contribution is 0.356. The van der Waals surface area contributed by atoms with Crippen LogP contribution in [0.15, 0.2) is 66.7 Å². The van der Waals surface area contributed by atoms with E-state index in [2.05, 4.69) is 54.6 Å². The van der Waals surface area contributed by atoms with Crippen LogP contribution in [0.1, 0.15) is 11.1 Å². The Morgan fingerprint density at radius 1 is 0.630 bits per heavy atom. The van der Waals surface area contributed by atoms with Crippen molar-refractivity contribution in [1.82, 2.24) is 0 Å². The molecular formula is C24H22O3. The van der Waals surface area contributed by atoms with Crippen LogP contribution < -0.4 is 14.2 Å². The maximum atomic E-state index is 5.55. The van der Waals surface area contributed by atoms with Gasteiger partial charge >= 0.3 is 0 Å². The second kappa shape index (κ2) is 7.20. The fraction of sp³-hybridized carbons (Fsp3) is 0.167. The smallest absolute Gasteiger partial charge is 0.161 e. The molecule has 0 atom stereocenters. The van der Waals surface area contributed by atoms with E-state index in [1.807, 2.05) is 12.1 Å². The number of ether oxygens (including phenoxy) is 3. The van der Waals surface area contributed by atoms with Gasteiger partial charge in [0, 0.05) is 0 Å². The van der Waals surface area contributed by atoms with E-state index >= 15 is 0 Å². The number of hydrogen-bond donors (Lipinski definition) is 0. The fourth-order valence-corrected chi connectivity index (χ4v) is 3.61. The average Bonchev–Trinajstić information content (AvgIpc) is 2.73. The van der Waals surface area contributed by atoms with Crippen molar-refractivity contribution in [1.29, 1.82) is 0 Å². The van der Waals surface area contributed by atoms with E-state index in [-0.39, 0.29) is 0 Å². The van der Waals surface area contributed by atoms with Crippen molar-refractivity contribution in [2.75, 3.05) is 21.3 Å². The summed E-state index contributed by atoms with van der Waals surface area (Å²) in [4.78, 5) is 0. The molecule has 0 aliphatic heterocycles.